The summed E-state index contributed by atoms with van der Waals surface area (Å²) in [6.45, 7) is 0.579. The van der Waals surface area contributed by atoms with Crippen molar-refractivity contribution in [2.24, 2.45) is 7.05 Å². The summed E-state index contributed by atoms with van der Waals surface area (Å²) in [6, 6.07) is 0. The van der Waals surface area contributed by atoms with Gasteiger partial charge in [0.1, 0.15) is 5.82 Å². The van der Waals surface area contributed by atoms with Crippen molar-refractivity contribution < 1.29 is 9.90 Å². The molecule has 3 aromatic heterocycles. The summed E-state index contributed by atoms with van der Waals surface area (Å²) in [4.78, 5) is 24.4. The largest absolute Gasteiger partial charge is 0.483 e. The number of carbonyl (C=O) groups is 1. The molecule has 21 heavy (non-hydrogen) atoms. The second-order valence-electron chi connectivity index (χ2n) is 4.20. The molecule has 2 N–H and O–H groups in total. The van der Waals surface area contributed by atoms with E-state index < -0.39 is 0 Å². The second-order valence-corrected chi connectivity index (χ2v) is 4.20. The molecule has 0 fully saturated rings. The van der Waals surface area contributed by atoms with Crippen LogP contribution < -0.4 is 0 Å². The molecule has 8 nitrogen and oxygen atoms in total. The van der Waals surface area contributed by atoms with Gasteiger partial charge < -0.3 is 19.2 Å². The van der Waals surface area contributed by atoms with E-state index in [-0.39, 0.29) is 6.47 Å². The number of aromatic amines is 1. The van der Waals surface area contributed by atoms with Crippen LogP contribution in [0.5, 0.6) is 0 Å². The van der Waals surface area contributed by atoms with Crippen LogP contribution in [0.25, 0.3) is 11.6 Å². The first-order chi connectivity index (χ1) is 10.3. The topological polar surface area (TPSA) is 102 Å². The maximum atomic E-state index is 8.36. The van der Waals surface area contributed by atoms with Crippen molar-refractivity contribution in [1.29, 1.82) is 0 Å². The normalized spacial score (nSPS) is 9.95. The lowest BCUT2D eigenvalue weighted by atomic mass is 10.4. The van der Waals surface area contributed by atoms with E-state index >= 15 is 0 Å². The van der Waals surface area contributed by atoms with Gasteiger partial charge in [0, 0.05) is 57.2 Å². The Labute approximate surface area is 121 Å². The van der Waals surface area contributed by atoms with E-state index in [0.717, 1.165) is 30.4 Å². The molecule has 0 spiro atoms. The van der Waals surface area contributed by atoms with E-state index in [1.807, 2.05) is 30.2 Å². The molecule has 0 aliphatic rings. The summed E-state index contributed by atoms with van der Waals surface area (Å²) in [7, 11) is 1.97. The van der Waals surface area contributed by atoms with Gasteiger partial charge in [-0.2, -0.15) is 0 Å². The first-order valence-corrected chi connectivity index (χ1v) is 6.31. The summed E-state index contributed by atoms with van der Waals surface area (Å²) in [5.41, 5.74) is 0. The van der Waals surface area contributed by atoms with Crippen LogP contribution in [0.2, 0.25) is 0 Å². The fourth-order valence-corrected chi connectivity index (χ4v) is 1.94. The predicted octanol–water partition coefficient (Wildman–Crippen LogP) is 0.950. The van der Waals surface area contributed by atoms with Crippen LogP contribution in [0.15, 0.2) is 37.2 Å². The zero-order valence-electron chi connectivity index (χ0n) is 11.5. The summed E-state index contributed by atoms with van der Waals surface area (Å²) < 4.78 is 4.05. The molecule has 3 heterocycles. The van der Waals surface area contributed by atoms with E-state index in [1.165, 1.54) is 0 Å². The quantitative estimate of drug-likeness (QED) is 0.696. The molecule has 3 rings (SSSR count). The highest BCUT2D eigenvalue weighted by molar-refractivity contribution is 5.44. The number of nitrogens with zero attached hydrogens (tertiary/aromatic N) is 5. The smallest absolute Gasteiger partial charge is 0.290 e. The number of nitrogens with one attached hydrogen (secondary N) is 1. The molecule has 0 saturated heterocycles. The van der Waals surface area contributed by atoms with Gasteiger partial charge in [-0.25, -0.2) is 15.0 Å². The molecule has 110 valence electrons. The standard InChI is InChI=1S/C12H14N6.CH2O2/c1-17-8-5-15-11(17)12-16-6-9-18(12)7-2-10-13-3-4-14-10;2-1-3/h3-6,8-9H,2,7H2,1H3,(H,13,14);1H,(H,2,3). The second kappa shape index (κ2) is 7.04. The Morgan fingerprint density at radius 1 is 1.19 bits per heavy atom. The van der Waals surface area contributed by atoms with Gasteiger partial charge in [0.05, 0.1) is 0 Å². The molecule has 0 unspecified atom stereocenters. The lowest BCUT2D eigenvalue weighted by Gasteiger charge is -2.06. The van der Waals surface area contributed by atoms with Crippen LogP contribution in [0, 0.1) is 0 Å². The van der Waals surface area contributed by atoms with E-state index in [0.29, 0.717) is 0 Å². The summed E-state index contributed by atoms with van der Waals surface area (Å²) in [5, 5.41) is 6.89. The van der Waals surface area contributed by atoms with Crippen LogP contribution in [0.1, 0.15) is 5.82 Å². The number of aryl methyl sites for hydroxylation is 3. The van der Waals surface area contributed by atoms with Crippen molar-refractivity contribution in [3.63, 3.8) is 0 Å². The summed E-state index contributed by atoms with van der Waals surface area (Å²) >= 11 is 0. The minimum atomic E-state index is -0.250. The highest BCUT2D eigenvalue weighted by Crippen LogP contribution is 2.14. The van der Waals surface area contributed by atoms with Crippen molar-refractivity contribution in [3.8, 4) is 11.6 Å². The van der Waals surface area contributed by atoms with Gasteiger partial charge in [0.2, 0.25) is 0 Å². The van der Waals surface area contributed by atoms with Crippen LogP contribution in [-0.4, -0.2) is 40.6 Å². The Kier molecular flexibility index (Phi) is 4.86. The zero-order valence-corrected chi connectivity index (χ0v) is 11.5. The van der Waals surface area contributed by atoms with Gasteiger partial charge in [-0.05, 0) is 0 Å². The number of aromatic nitrogens is 6. The van der Waals surface area contributed by atoms with Gasteiger partial charge in [-0.15, -0.1) is 0 Å². The number of rotatable bonds is 4. The van der Waals surface area contributed by atoms with Crippen molar-refractivity contribution in [3.05, 3.63) is 43.0 Å². The highest BCUT2D eigenvalue weighted by atomic mass is 16.3. The van der Waals surface area contributed by atoms with Crippen LogP contribution in [-0.2, 0) is 24.8 Å². The molecule has 0 aliphatic heterocycles. The monoisotopic (exact) mass is 288 g/mol. The average Bonchev–Trinajstić information content (AvgIpc) is 3.18. The molecule has 0 atom stereocenters. The molecular formula is C13H16N6O2. The van der Waals surface area contributed by atoms with E-state index in [4.69, 9.17) is 9.90 Å². The van der Waals surface area contributed by atoms with E-state index in [2.05, 4.69) is 24.5 Å². The van der Waals surface area contributed by atoms with Gasteiger partial charge in [-0.3, -0.25) is 4.79 Å². The number of hydrogen-bond acceptors (Lipinski definition) is 4. The highest BCUT2D eigenvalue weighted by Gasteiger charge is 2.10. The molecule has 0 amide bonds. The number of H-pyrrole nitrogens is 1. The third kappa shape index (κ3) is 3.56. The Morgan fingerprint density at radius 2 is 1.90 bits per heavy atom. The van der Waals surface area contributed by atoms with E-state index in [9.17, 15) is 0 Å². The van der Waals surface area contributed by atoms with Crippen LogP contribution >= 0.6 is 0 Å². The molecule has 8 heteroatoms. The summed E-state index contributed by atoms with van der Waals surface area (Å²) in [6.07, 6.45) is 11.9. The Hall–Kier alpha value is -2.90. The Balaban J connectivity index is 0.000000497. The molecule has 3 aromatic rings. The SMILES string of the molecule is Cn1ccnc1-c1nccn1CCc1ncc[nH]1.O=CO. The average molecular weight is 288 g/mol. The fraction of sp³-hybridized carbons (Fsp3) is 0.231. The van der Waals surface area contributed by atoms with Gasteiger partial charge in [0.25, 0.3) is 6.47 Å². The fourth-order valence-electron chi connectivity index (χ4n) is 1.94. The molecule has 0 aromatic carbocycles. The first-order valence-electron chi connectivity index (χ1n) is 6.31. The number of carboxylic acid groups (broad SMARTS) is 1. The maximum Gasteiger partial charge on any atom is 0.290 e. The Morgan fingerprint density at radius 3 is 2.52 bits per heavy atom. The summed E-state index contributed by atoms with van der Waals surface area (Å²) in [5.74, 6) is 2.74. The maximum absolute atomic E-state index is 8.36. The first kappa shape index (κ1) is 14.5. The van der Waals surface area contributed by atoms with Gasteiger partial charge in [0.15, 0.2) is 11.6 Å². The van der Waals surface area contributed by atoms with Crippen molar-refractivity contribution in [2.75, 3.05) is 0 Å². The van der Waals surface area contributed by atoms with Crippen molar-refractivity contribution >= 4 is 6.47 Å². The molecule has 0 bridgehead atoms. The van der Waals surface area contributed by atoms with Gasteiger partial charge in [-0.1, -0.05) is 0 Å². The lowest BCUT2D eigenvalue weighted by Crippen LogP contribution is -2.06. The zero-order chi connectivity index (χ0) is 15.1. The third-order valence-corrected chi connectivity index (χ3v) is 2.88. The molecule has 0 saturated carbocycles. The van der Waals surface area contributed by atoms with Gasteiger partial charge >= 0.3 is 0 Å². The number of imidazole rings is 3. The Bertz CT molecular complexity index is 670. The van der Waals surface area contributed by atoms with Crippen LogP contribution in [0.3, 0.4) is 0 Å². The number of hydrogen-bond donors (Lipinski definition) is 2. The third-order valence-electron chi connectivity index (χ3n) is 2.88. The minimum absolute atomic E-state index is 0.250. The predicted molar refractivity (Wildman–Crippen MR) is 75.4 cm³/mol. The van der Waals surface area contributed by atoms with Crippen molar-refractivity contribution in [1.82, 2.24) is 29.1 Å². The minimum Gasteiger partial charge on any atom is -0.483 e. The molecular weight excluding hydrogens is 272 g/mol. The van der Waals surface area contributed by atoms with E-state index in [1.54, 1.807) is 18.6 Å². The molecule has 0 radical (unpaired) electrons. The molecule has 0 aliphatic carbocycles. The van der Waals surface area contributed by atoms with Crippen LogP contribution in [0.4, 0.5) is 0 Å². The van der Waals surface area contributed by atoms with Crippen molar-refractivity contribution in [2.45, 2.75) is 13.0 Å². The lowest BCUT2D eigenvalue weighted by molar-refractivity contribution is -0.122.